The first kappa shape index (κ1) is 13.4. The van der Waals surface area contributed by atoms with E-state index in [0.29, 0.717) is 23.8 Å². The van der Waals surface area contributed by atoms with Crippen LogP contribution in [0.15, 0.2) is 0 Å². The van der Waals surface area contributed by atoms with Gasteiger partial charge in [-0.3, -0.25) is 0 Å². The van der Waals surface area contributed by atoms with Gasteiger partial charge >= 0.3 is 0 Å². The molecular formula is C10H19N5O2S. The molecule has 0 saturated carbocycles. The van der Waals surface area contributed by atoms with Gasteiger partial charge in [-0.25, -0.2) is 8.42 Å². The fourth-order valence-corrected chi connectivity index (χ4v) is 4.27. The largest absolute Gasteiger partial charge is 0.317 e. The quantitative estimate of drug-likeness (QED) is 0.753. The summed E-state index contributed by atoms with van der Waals surface area (Å²) in [6.45, 7) is 0. The van der Waals surface area contributed by atoms with Gasteiger partial charge in [0.15, 0.2) is 15.7 Å². The fourth-order valence-electron chi connectivity index (χ4n) is 2.39. The minimum atomic E-state index is -2.79. The van der Waals surface area contributed by atoms with Crippen molar-refractivity contribution < 1.29 is 8.42 Å². The van der Waals surface area contributed by atoms with E-state index in [1.807, 2.05) is 7.05 Å². The van der Waals surface area contributed by atoms with E-state index in [-0.39, 0.29) is 12.0 Å². The molecule has 0 spiro atoms. The van der Waals surface area contributed by atoms with E-state index < -0.39 is 9.84 Å². The number of nitrogens with zero attached hydrogens (tertiary/aromatic N) is 4. The zero-order chi connectivity index (χ0) is 13.2. The number of likely N-dealkylation sites (N-methyl/N-ethyl adjacent to an activating group) is 1. The van der Waals surface area contributed by atoms with E-state index in [1.165, 1.54) is 4.80 Å². The zero-order valence-corrected chi connectivity index (χ0v) is 11.5. The van der Waals surface area contributed by atoms with Crippen LogP contribution in [-0.2, 0) is 23.3 Å². The molecule has 8 heteroatoms. The SMILES string of the molecule is CNC(Cc1nnn(C)n1)CC1CCS(=O)(=O)C1. The van der Waals surface area contributed by atoms with Gasteiger partial charge < -0.3 is 5.32 Å². The van der Waals surface area contributed by atoms with Crippen molar-refractivity contribution in [2.24, 2.45) is 13.0 Å². The van der Waals surface area contributed by atoms with Crippen LogP contribution in [0.4, 0.5) is 0 Å². The molecule has 1 aromatic rings. The van der Waals surface area contributed by atoms with Gasteiger partial charge in [-0.05, 0) is 31.0 Å². The van der Waals surface area contributed by atoms with Crippen molar-refractivity contribution in [2.45, 2.75) is 25.3 Å². The summed E-state index contributed by atoms with van der Waals surface area (Å²) in [7, 11) is 0.816. The minimum absolute atomic E-state index is 0.201. The molecule has 1 fully saturated rings. The van der Waals surface area contributed by atoms with Gasteiger partial charge in [0.25, 0.3) is 0 Å². The molecule has 1 saturated heterocycles. The van der Waals surface area contributed by atoms with E-state index >= 15 is 0 Å². The standard InChI is InChI=1S/C10H19N5O2S/c1-11-9(6-10-12-14-15(2)13-10)5-8-3-4-18(16,17)7-8/h8-9,11H,3-7H2,1-2H3. The third kappa shape index (κ3) is 3.49. The Hall–Kier alpha value is -1.02. The average molecular weight is 273 g/mol. The molecule has 1 aromatic heterocycles. The van der Waals surface area contributed by atoms with E-state index in [4.69, 9.17) is 0 Å². The number of sulfone groups is 1. The van der Waals surface area contributed by atoms with Gasteiger partial charge in [-0.1, -0.05) is 0 Å². The first-order chi connectivity index (χ1) is 8.48. The van der Waals surface area contributed by atoms with E-state index in [0.717, 1.165) is 12.8 Å². The van der Waals surface area contributed by atoms with Gasteiger partial charge in [0, 0.05) is 12.5 Å². The summed E-state index contributed by atoms with van der Waals surface area (Å²) in [4.78, 5) is 1.43. The second kappa shape index (κ2) is 5.31. The third-order valence-electron chi connectivity index (χ3n) is 3.33. The molecule has 2 heterocycles. The maximum Gasteiger partial charge on any atom is 0.176 e. The van der Waals surface area contributed by atoms with Gasteiger partial charge in [0.1, 0.15) is 0 Å². The number of rotatable bonds is 5. The maximum atomic E-state index is 11.4. The highest BCUT2D eigenvalue weighted by molar-refractivity contribution is 7.91. The Balaban J connectivity index is 1.90. The van der Waals surface area contributed by atoms with Gasteiger partial charge in [-0.15, -0.1) is 10.2 Å². The van der Waals surface area contributed by atoms with Crippen LogP contribution < -0.4 is 5.32 Å². The number of nitrogens with one attached hydrogen (secondary N) is 1. The van der Waals surface area contributed by atoms with Crippen LogP contribution in [0.3, 0.4) is 0 Å². The van der Waals surface area contributed by atoms with Crippen molar-refractivity contribution in [3.8, 4) is 0 Å². The van der Waals surface area contributed by atoms with E-state index in [1.54, 1.807) is 7.05 Å². The monoisotopic (exact) mass is 273 g/mol. The second-order valence-electron chi connectivity index (χ2n) is 4.89. The molecule has 102 valence electrons. The molecule has 1 aliphatic heterocycles. The molecule has 2 rings (SSSR count). The second-order valence-corrected chi connectivity index (χ2v) is 7.12. The van der Waals surface area contributed by atoms with Crippen molar-refractivity contribution in [1.82, 2.24) is 25.5 Å². The number of hydrogen-bond donors (Lipinski definition) is 1. The third-order valence-corrected chi connectivity index (χ3v) is 5.17. The summed E-state index contributed by atoms with van der Waals surface area (Å²) in [6.07, 6.45) is 2.29. The molecule has 18 heavy (non-hydrogen) atoms. The van der Waals surface area contributed by atoms with Crippen molar-refractivity contribution in [3.63, 3.8) is 0 Å². The van der Waals surface area contributed by atoms with Crippen LogP contribution in [0.5, 0.6) is 0 Å². The number of tetrazole rings is 1. The molecule has 0 aliphatic carbocycles. The smallest absolute Gasteiger partial charge is 0.176 e. The van der Waals surface area contributed by atoms with Crippen LogP contribution in [0.1, 0.15) is 18.7 Å². The van der Waals surface area contributed by atoms with Crippen LogP contribution in [0, 0.1) is 5.92 Å². The van der Waals surface area contributed by atoms with Crippen LogP contribution in [-0.4, -0.2) is 53.2 Å². The summed E-state index contributed by atoms with van der Waals surface area (Å²) in [5.41, 5.74) is 0. The van der Waals surface area contributed by atoms with E-state index in [2.05, 4.69) is 20.7 Å². The molecule has 0 bridgehead atoms. The Morgan fingerprint density at radius 2 is 2.33 bits per heavy atom. The first-order valence-electron chi connectivity index (χ1n) is 6.09. The lowest BCUT2D eigenvalue weighted by molar-refractivity contribution is 0.418. The first-order valence-corrected chi connectivity index (χ1v) is 7.91. The number of hydrogen-bond acceptors (Lipinski definition) is 6. The van der Waals surface area contributed by atoms with Gasteiger partial charge in [-0.2, -0.15) is 4.80 Å². The molecule has 0 amide bonds. The average Bonchev–Trinajstić information content (AvgIpc) is 2.84. The van der Waals surface area contributed by atoms with Crippen LogP contribution in [0.2, 0.25) is 0 Å². The lowest BCUT2D eigenvalue weighted by Gasteiger charge is -2.17. The molecule has 7 nitrogen and oxygen atoms in total. The molecule has 1 aliphatic rings. The molecule has 2 atom stereocenters. The minimum Gasteiger partial charge on any atom is -0.317 e. The normalized spacial score (nSPS) is 24.2. The van der Waals surface area contributed by atoms with Gasteiger partial charge in [0.05, 0.1) is 18.6 Å². The molecular weight excluding hydrogens is 254 g/mol. The van der Waals surface area contributed by atoms with Crippen molar-refractivity contribution in [2.75, 3.05) is 18.6 Å². The van der Waals surface area contributed by atoms with Crippen molar-refractivity contribution >= 4 is 9.84 Å². The van der Waals surface area contributed by atoms with Crippen LogP contribution in [0.25, 0.3) is 0 Å². The lowest BCUT2D eigenvalue weighted by Crippen LogP contribution is -2.31. The Kier molecular flexibility index (Phi) is 3.96. The van der Waals surface area contributed by atoms with Gasteiger partial charge in [0.2, 0.25) is 0 Å². The summed E-state index contributed by atoms with van der Waals surface area (Å²) in [5, 5.41) is 15.1. The maximum absolute atomic E-state index is 11.4. The molecule has 1 N–H and O–H groups in total. The number of aryl methyl sites for hydroxylation is 1. The predicted molar refractivity (Wildman–Crippen MR) is 66.7 cm³/mol. The Bertz CT molecular complexity index is 498. The highest BCUT2D eigenvalue weighted by Crippen LogP contribution is 2.23. The highest BCUT2D eigenvalue weighted by atomic mass is 32.2. The van der Waals surface area contributed by atoms with Crippen molar-refractivity contribution in [1.29, 1.82) is 0 Å². The Labute approximate surface area is 107 Å². The lowest BCUT2D eigenvalue weighted by atomic mass is 9.97. The summed E-state index contributed by atoms with van der Waals surface area (Å²) in [5.74, 6) is 1.60. The molecule has 0 radical (unpaired) electrons. The zero-order valence-electron chi connectivity index (χ0n) is 10.7. The van der Waals surface area contributed by atoms with Crippen LogP contribution >= 0.6 is 0 Å². The Morgan fingerprint density at radius 1 is 1.56 bits per heavy atom. The fraction of sp³-hybridized carbons (Fsp3) is 0.900. The number of aromatic nitrogens is 4. The van der Waals surface area contributed by atoms with E-state index in [9.17, 15) is 8.42 Å². The molecule has 0 aromatic carbocycles. The topological polar surface area (TPSA) is 89.8 Å². The summed E-state index contributed by atoms with van der Waals surface area (Å²) in [6, 6.07) is 0.201. The predicted octanol–water partition coefficient (Wildman–Crippen LogP) is -0.835. The summed E-state index contributed by atoms with van der Waals surface area (Å²) >= 11 is 0. The Morgan fingerprint density at radius 3 is 2.83 bits per heavy atom. The van der Waals surface area contributed by atoms with Crippen molar-refractivity contribution in [3.05, 3.63) is 5.82 Å². The molecule has 2 unspecified atom stereocenters. The summed E-state index contributed by atoms with van der Waals surface area (Å²) < 4.78 is 22.8. The highest BCUT2D eigenvalue weighted by Gasteiger charge is 2.29.